The van der Waals surface area contributed by atoms with E-state index in [1.807, 2.05) is 43.3 Å². The molecule has 2 saturated heterocycles. The fourth-order valence-corrected chi connectivity index (χ4v) is 4.12. The summed E-state index contributed by atoms with van der Waals surface area (Å²) in [6.07, 6.45) is 4.18. The number of hydrogen-bond acceptors (Lipinski definition) is 5. The molecule has 3 aliphatic rings. The van der Waals surface area contributed by atoms with Crippen LogP contribution in [-0.2, 0) is 19.1 Å². The zero-order valence-corrected chi connectivity index (χ0v) is 14.3. The van der Waals surface area contributed by atoms with Gasteiger partial charge in [0.2, 0.25) is 5.91 Å². The molecule has 25 heavy (non-hydrogen) atoms. The molecule has 1 spiro atoms. The molecule has 2 bridgehead atoms. The van der Waals surface area contributed by atoms with Gasteiger partial charge in [0.25, 0.3) is 0 Å². The van der Waals surface area contributed by atoms with E-state index in [4.69, 9.17) is 14.2 Å². The maximum Gasteiger partial charge on any atom is 0.312 e. The Bertz CT molecular complexity index is 745. The number of anilines is 1. The molecule has 0 N–H and O–H groups in total. The van der Waals surface area contributed by atoms with E-state index in [0.29, 0.717) is 24.6 Å². The largest absolute Gasteiger partial charge is 0.495 e. The fourth-order valence-electron chi connectivity index (χ4n) is 4.12. The van der Waals surface area contributed by atoms with Crippen LogP contribution in [-0.4, -0.2) is 43.8 Å². The number of amides is 1. The number of carbonyl (C=O) groups excluding carboxylic acids is 2. The highest BCUT2D eigenvalue weighted by atomic mass is 16.6. The third-order valence-corrected chi connectivity index (χ3v) is 5.20. The molecule has 6 nitrogen and oxygen atoms in total. The van der Waals surface area contributed by atoms with Gasteiger partial charge in [-0.1, -0.05) is 31.2 Å². The van der Waals surface area contributed by atoms with Crippen molar-refractivity contribution in [3.05, 3.63) is 36.4 Å². The molecule has 3 aliphatic heterocycles. The molecule has 0 saturated carbocycles. The molecule has 2 fully saturated rings. The molecular formula is C19H21NO5. The highest BCUT2D eigenvalue weighted by molar-refractivity contribution is 6.03. The number of fused-ring (bicyclic) bond motifs is 1. The van der Waals surface area contributed by atoms with Crippen LogP contribution in [0.2, 0.25) is 0 Å². The molecule has 4 rings (SSSR count). The first-order valence-corrected chi connectivity index (χ1v) is 8.59. The van der Waals surface area contributed by atoms with Crippen LogP contribution in [0.3, 0.4) is 0 Å². The Morgan fingerprint density at radius 3 is 2.96 bits per heavy atom. The molecule has 1 aromatic rings. The third kappa shape index (κ3) is 2.28. The van der Waals surface area contributed by atoms with Crippen LogP contribution < -0.4 is 9.64 Å². The lowest BCUT2D eigenvalue weighted by atomic mass is 9.77. The van der Waals surface area contributed by atoms with Crippen LogP contribution in [0.1, 0.15) is 13.3 Å². The second-order valence-corrected chi connectivity index (χ2v) is 6.66. The Morgan fingerprint density at radius 2 is 2.20 bits per heavy atom. The molecule has 1 unspecified atom stereocenters. The van der Waals surface area contributed by atoms with E-state index >= 15 is 0 Å². The van der Waals surface area contributed by atoms with Gasteiger partial charge in [-0.25, -0.2) is 0 Å². The zero-order chi connectivity index (χ0) is 17.6. The number of esters is 1. The van der Waals surface area contributed by atoms with E-state index in [1.54, 1.807) is 12.0 Å². The summed E-state index contributed by atoms with van der Waals surface area (Å²) in [4.78, 5) is 27.4. The van der Waals surface area contributed by atoms with Crippen molar-refractivity contribution in [2.75, 3.05) is 25.2 Å². The number of para-hydroxylation sites is 2. The van der Waals surface area contributed by atoms with Crippen molar-refractivity contribution >= 4 is 17.6 Å². The Hall–Kier alpha value is -2.34. The molecule has 6 heteroatoms. The molecule has 132 valence electrons. The van der Waals surface area contributed by atoms with E-state index in [1.165, 1.54) is 0 Å². The number of ether oxygens (including phenoxy) is 3. The Morgan fingerprint density at radius 1 is 1.40 bits per heavy atom. The molecule has 4 atom stereocenters. The lowest BCUT2D eigenvalue weighted by Crippen LogP contribution is -2.40. The fraction of sp³-hybridized carbons (Fsp3) is 0.474. The minimum Gasteiger partial charge on any atom is -0.495 e. The third-order valence-electron chi connectivity index (χ3n) is 5.20. The van der Waals surface area contributed by atoms with Gasteiger partial charge in [-0.05, 0) is 18.6 Å². The summed E-state index contributed by atoms with van der Waals surface area (Å²) in [7, 11) is 1.57. The topological polar surface area (TPSA) is 65.1 Å². The number of rotatable bonds is 5. The van der Waals surface area contributed by atoms with Gasteiger partial charge in [-0.15, -0.1) is 0 Å². The summed E-state index contributed by atoms with van der Waals surface area (Å²) in [5, 5.41) is 0. The van der Waals surface area contributed by atoms with Crippen molar-refractivity contribution in [2.24, 2.45) is 11.8 Å². The van der Waals surface area contributed by atoms with E-state index in [-0.39, 0.29) is 18.0 Å². The molecule has 3 heterocycles. The van der Waals surface area contributed by atoms with Gasteiger partial charge in [0.05, 0.1) is 38.0 Å². The second-order valence-electron chi connectivity index (χ2n) is 6.66. The summed E-state index contributed by atoms with van der Waals surface area (Å²) in [6, 6.07) is 7.37. The number of carbonyl (C=O) groups is 2. The molecule has 1 amide bonds. The molecule has 1 aromatic carbocycles. The van der Waals surface area contributed by atoms with Gasteiger partial charge in [-0.2, -0.15) is 0 Å². The molecule has 0 aliphatic carbocycles. The van der Waals surface area contributed by atoms with Crippen LogP contribution in [0.15, 0.2) is 36.4 Å². The van der Waals surface area contributed by atoms with E-state index < -0.39 is 17.4 Å². The van der Waals surface area contributed by atoms with Gasteiger partial charge >= 0.3 is 5.97 Å². The number of hydrogen-bond donors (Lipinski definition) is 0. The van der Waals surface area contributed by atoms with Gasteiger partial charge in [0.1, 0.15) is 17.3 Å². The summed E-state index contributed by atoms with van der Waals surface area (Å²) in [5.41, 5.74) is -0.0571. The monoisotopic (exact) mass is 343 g/mol. The van der Waals surface area contributed by atoms with Crippen LogP contribution in [0.5, 0.6) is 5.75 Å². The Labute approximate surface area is 146 Å². The number of benzene rings is 1. The lowest BCUT2D eigenvalue weighted by molar-refractivity contribution is -0.152. The number of nitrogens with zero attached hydrogens (tertiary/aromatic N) is 1. The summed E-state index contributed by atoms with van der Waals surface area (Å²) < 4.78 is 16.8. The van der Waals surface area contributed by atoms with Crippen LogP contribution in [0.4, 0.5) is 5.69 Å². The molecule has 0 radical (unpaired) electrons. The highest BCUT2D eigenvalue weighted by Crippen LogP contribution is 2.53. The smallest absolute Gasteiger partial charge is 0.312 e. The van der Waals surface area contributed by atoms with Crippen LogP contribution in [0, 0.1) is 11.8 Å². The van der Waals surface area contributed by atoms with Crippen molar-refractivity contribution in [2.45, 2.75) is 25.0 Å². The quantitative estimate of drug-likeness (QED) is 0.604. The zero-order valence-electron chi connectivity index (χ0n) is 14.3. The first-order chi connectivity index (χ1) is 12.1. The minimum atomic E-state index is -0.751. The van der Waals surface area contributed by atoms with Crippen molar-refractivity contribution in [1.29, 1.82) is 0 Å². The lowest BCUT2D eigenvalue weighted by Gasteiger charge is -2.23. The first kappa shape index (κ1) is 16.1. The number of methoxy groups -OCH3 is 1. The Balaban J connectivity index is 1.67. The molecule has 0 aromatic heterocycles. The van der Waals surface area contributed by atoms with E-state index in [2.05, 4.69) is 0 Å². The van der Waals surface area contributed by atoms with Gasteiger partial charge in [-0.3, -0.25) is 9.59 Å². The molecular weight excluding hydrogens is 322 g/mol. The SMILES string of the molecule is CCCOC(=O)C1[C@@H]2C=C[C@]3(CN(c4ccccc4OC)C(=O)[C@H]13)O2. The predicted molar refractivity (Wildman–Crippen MR) is 90.3 cm³/mol. The average molecular weight is 343 g/mol. The minimum absolute atomic E-state index is 0.116. The summed E-state index contributed by atoms with van der Waals surface area (Å²) in [5.74, 6) is -0.968. The van der Waals surface area contributed by atoms with Gasteiger partial charge in [0, 0.05) is 0 Å². The summed E-state index contributed by atoms with van der Waals surface area (Å²) >= 11 is 0. The van der Waals surface area contributed by atoms with Crippen molar-refractivity contribution in [3.63, 3.8) is 0 Å². The van der Waals surface area contributed by atoms with Crippen LogP contribution in [0.25, 0.3) is 0 Å². The Kier molecular flexibility index (Phi) is 3.80. The normalized spacial score (nSPS) is 32.2. The van der Waals surface area contributed by atoms with E-state index in [0.717, 1.165) is 6.42 Å². The maximum absolute atomic E-state index is 13.2. The van der Waals surface area contributed by atoms with Crippen LogP contribution >= 0.6 is 0 Å². The van der Waals surface area contributed by atoms with Crippen molar-refractivity contribution in [1.82, 2.24) is 0 Å². The van der Waals surface area contributed by atoms with Gasteiger partial charge < -0.3 is 19.1 Å². The summed E-state index contributed by atoms with van der Waals surface area (Å²) in [6.45, 7) is 2.67. The van der Waals surface area contributed by atoms with Crippen molar-refractivity contribution in [3.8, 4) is 5.75 Å². The maximum atomic E-state index is 13.2. The van der Waals surface area contributed by atoms with E-state index in [9.17, 15) is 9.59 Å². The standard InChI is InChI=1S/C19H21NO5/c1-3-10-24-18(22)15-14-8-9-19(25-14)11-20(17(21)16(15)19)12-6-4-5-7-13(12)23-2/h4-9,14-16H,3,10-11H2,1-2H3/t14-,15?,16-,19+/m0/s1. The van der Waals surface area contributed by atoms with Gasteiger partial charge in [0.15, 0.2) is 0 Å². The van der Waals surface area contributed by atoms with Crippen molar-refractivity contribution < 1.29 is 23.8 Å². The highest BCUT2D eigenvalue weighted by Gasteiger charge is 2.67. The second kappa shape index (κ2) is 5.88. The first-order valence-electron chi connectivity index (χ1n) is 8.59. The average Bonchev–Trinajstić information content (AvgIpc) is 3.28. The predicted octanol–water partition coefficient (Wildman–Crippen LogP) is 1.93.